The molecule has 11 heteroatoms. The van der Waals surface area contributed by atoms with E-state index in [1.54, 1.807) is 0 Å². The number of nitrogens with zero attached hydrogens (tertiary/aromatic N) is 5. The van der Waals surface area contributed by atoms with Crippen LogP contribution in [0.5, 0.6) is 0 Å². The maximum Gasteiger partial charge on any atom is 0.410 e. The minimum absolute atomic E-state index is 0.209. The van der Waals surface area contributed by atoms with Crippen LogP contribution in [-0.4, -0.2) is 105 Å². The highest BCUT2D eigenvalue weighted by molar-refractivity contribution is 6.04. The highest BCUT2D eigenvalue weighted by Gasteiger charge is 2.34. The summed E-state index contributed by atoms with van der Waals surface area (Å²) in [5.41, 5.74) is 2.06. The van der Waals surface area contributed by atoms with Crippen LogP contribution < -0.4 is 20.0 Å². The van der Waals surface area contributed by atoms with E-state index in [4.69, 9.17) is 4.74 Å². The summed E-state index contributed by atoms with van der Waals surface area (Å²) in [4.78, 5) is 58.6. The molecule has 0 aliphatic carbocycles. The predicted octanol–water partition coefficient (Wildman–Crippen LogP) is 2.04. The number of piperazine rings is 1. The molecule has 0 saturated carbocycles. The molecule has 0 bridgehead atoms. The molecule has 1 atom stereocenters. The molecule has 214 valence electrons. The first-order valence-electron chi connectivity index (χ1n) is 13.8. The minimum Gasteiger partial charge on any atom is -0.444 e. The maximum atomic E-state index is 12.5. The SMILES string of the molecule is CN(C)c1cc(N2CCN(C3CCN(C(=O)OC(C)(C)C)CC3)CC2)ccc1N(C=O)C1CCC(=O)NC1=O. The van der Waals surface area contributed by atoms with Gasteiger partial charge in [-0.15, -0.1) is 0 Å². The summed E-state index contributed by atoms with van der Waals surface area (Å²) < 4.78 is 5.53. The number of carbonyl (C=O) groups is 4. The standard InChI is InChI=1S/C28H42N6O5/c1-28(2,3)39-27(38)33-12-10-20(11-13-33)31-14-16-32(17-15-31)21-6-7-22(24(18-21)30(4)5)34(19-35)23-8-9-25(36)29-26(23)37/h6-7,18-20,23H,8-17H2,1-5H3,(H,29,36,37). The zero-order valence-electron chi connectivity index (χ0n) is 23.8. The van der Waals surface area contributed by atoms with Crippen molar-refractivity contribution in [1.82, 2.24) is 15.1 Å². The van der Waals surface area contributed by atoms with E-state index in [0.29, 0.717) is 37.6 Å². The maximum absolute atomic E-state index is 12.5. The van der Waals surface area contributed by atoms with E-state index < -0.39 is 17.6 Å². The number of nitrogens with one attached hydrogen (secondary N) is 1. The fourth-order valence-electron chi connectivity index (χ4n) is 5.62. The number of likely N-dealkylation sites (tertiary alicyclic amines) is 1. The van der Waals surface area contributed by atoms with Crippen molar-refractivity contribution < 1.29 is 23.9 Å². The van der Waals surface area contributed by atoms with E-state index in [0.717, 1.165) is 50.4 Å². The van der Waals surface area contributed by atoms with Gasteiger partial charge in [0.1, 0.15) is 11.6 Å². The van der Waals surface area contributed by atoms with Gasteiger partial charge in [-0.05, 0) is 58.2 Å². The number of piperidine rings is 2. The van der Waals surface area contributed by atoms with Crippen LogP contribution in [-0.2, 0) is 19.1 Å². The number of rotatable bonds is 6. The van der Waals surface area contributed by atoms with Crippen LogP contribution in [0.25, 0.3) is 0 Å². The monoisotopic (exact) mass is 542 g/mol. The molecule has 0 aromatic heterocycles. The first kappa shape index (κ1) is 28.7. The number of anilines is 3. The van der Waals surface area contributed by atoms with Crippen molar-refractivity contribution in [3.05, 3.63) is 18.2 Å². The Labute approximate surface area is 231 Å². The lowest BCUT2D eigenvalue weighted by atomic mass is 10.0. The van der Waals surface area contributed by atoms with Gasteiger partial charge in [-0.3, -0.25) is 24.6 Å². The zero-order valence-corrected chi connectivity index (χ0v) is 23.8. The Morgan fingerprint density at radius 3 is 2.23 bits per heavy atom. The average molecular weight is 543 g/mol. The molecule has 3 saturated heterocycles. The molecule has 1 unspecified atom stereocenters. The van der Waals surface area contributed by atoms with Crippen LogP contribution >= 0.6 is 0 Å². The molecule has 0 spiro atoms. The van der Waals surface area contributed by atoms with E-state index in [2.05, 4.69) is 21.2 Å². The van der Waals surface area contributed by atoms with Crippen molar-refractivity contribution in [3.8, 4) is 0 Å². The second-order valence-electron chi connectivity index (χ2n) is 11.8. The lowest BCUT2D eigenvalue weighted by molar-refractivity contribution is -0.134. The van der Waals surface area contributed by atoms with Crippen molar-refractivity contribution in [2.24, 2.45) is 0 Å². The molecule has 39 heavy (non-hydrogen) atoms. The Balaban J connectivity index is 1.37. The Morgan fingerprint density at radius 2 is 1.67 bits per heavy atom. The molecule has 3 aliphatic rings. The number of hydrogen-bond donors (Lipinski definition) is 1. The van der Waals surface area contributed by atoms with Crippen molar-refractivity contribution in [1.29, 1.82) is 0 Å². The smallest absolute Gasteiger partial charge is 0.410 e. The van der Waals surface area contributed by atoms with E-state index >= 15 is 0 Å². The second-order valence-corrected chi connectivity index (χ2v) is 11.8. The molecule has 4 amide bonds. The average Bonchev–Trinajstić information content (AvgIpc) is 2.89. The largest absolute Gasteiger partial charge is 0.444 e. The summed E-state index contributed by atoms with van der Waals surface area (Å²) in [6, 6.07) is 5.70. The Kier molecular flexibility index (Phi) is 8.68. The minimum atomic E-state index is -0.713. The molecule has 3 fully saturated rings. The number of amides is 4. The zero-order chi connectivity index (χ0) is 28.3. The van der Waals surface area contributed by atoms with Gasteiger partial charge in [0.25, 0.3) is 0 Å². The van der Waals surface area contributed by atoms with Crippen LogP contribution in [0.3, 0.4) is 0 Å². The van der Waals surface area contributed by atoms with Gasteiger partial charge in [-0.25, -0.2) is 4.79 Å². The quantitative estimate of drug-likeness (QED) is 0.430. The van der Waals surface area contributed by atoms with Crippen LogP contribution in [0, 0.1) is 0 Å². The fourth-order valence-corrected chi connectivity index (χ4v) is 5.62. The predicted molar refractivity (Wildman–Crippen MR) is 150 cm³/mol. The molecular weight excluding hydrogens is 500 g/mol. The molecule has 3 aliphatic heterocycles. The van der Waals surface area contributed by atoms with Gasteiger partial charge in [0, 0.05) is 71.5 Å². The topological polar surface area (TPSA) is 106 Å². The summed E-state index contributed by atoms with van der Waals surface area (Å²) in [6.07, 6.45) is 2.85. The van der Waals surface area contributed by atoms with Crippen molar-refractivity contribution in [3.63, 3.8) is 0 Å². The van der Waals surface area contributed by atoms with E-state index in [-0.39, 0.29) is 18.4 Å². The normalized spacial score (nSPS) is 21.4. The molecular formula is C28H42N6O5. The Morgan fingerprint density at radius 1 is 1.00 bits per heavy atom. The molecule has 0 radical (unpaired) electrons. The number of carbonyl (C=O) groups excluding carboxylic acids is 4. The van der Waals surface area contributed by atoms with Gasteiger partial charge in [-0.2, -0.15) is 0 Å². The number of imide groups is 1. The van der Waals surface area contributed by atoms with Crippen LogP contribution in [0.4, 0.5) is 21.9 Å². The van der Waals surface area contributed by atoms with Crippen molar-refractivity contribution in [2.45, 2.75) is 64.1 Å². The summed E-state index contributed by atoms with van der Waals surface area (Å²) in [5, 5.41) is 2.34. The third-order valence-electron chi connectivity index (χ3n) is 7.69. The summed E-state index contributed by atoms with van der Waals surface area (Å²) in [6.45, 7) is 10.7. The van der Waals surface area contributed by atoms with Gasteiger partial charge < -0.3 is 24.3 Å². The summed E-state index contributed by atoms with van der Waals surface area (Å²) in [5.74, 6) is -0.752. The van der Waals surface area contributed by atoms with Crippen LogP contribution in [0.15, 0.2) is 18.2 Å². The molecule has 4 rings (SSSR count). The van der Waals surface area contributed by atoms with Crippen molar-refractivity contribution >= 4 is 41.4 Å². The van der Waals surface area contributed by atoms with Gasteiger partial charge in [-0.1, -0.05) is 0 Å². The fraction of sp³-hybridized carbons (Fsp3) is 0.643. The Hall–Kier alpha value is -3.34. The summed E-state index contributed by atoms with van der Waals surface area (Å²) >= 11 is 0. The van der Waals surface area contributed by atoms with E-state index in [9.17, 15) is 19.2 Å². The third-order valence-corrected chi connectivity index (χ3v) is 7.69. The van der Waals surface area contributed by atoms with Gasteiger partial charge in [0.05, 0.1) is 11.4 Å². The number of hydrogen-bond acceptors (Lipinski definition) is 8. The van der Waals surface area contributed by atoms with E-state index in [1.807, 2.05) is 56.8 Å². The number of benzene rings is 1. The molecule has 11 nitrogen and oxygen atoms in total. The second kappa shape index (κ2) is 11.8. The molecule has 1 N–H and O–H groups in total. The highest BCUT2D eigenvalue weighted by atomic mass is 16.6. The third kappa shape index (κ3) is 6.81. The first-order valence-corrected chi connectivity index (χ1v) is 13.8. The molecule has 1 aromatic carbocycles. The summed E-state index contributed by atoms with van der Waals surface area (Å²) in [7, 11) is 3.83. The first-order chi connectivity index (χ1) is 18.5. The Bertz CT molecular complexity index is 1070. The van der Waals surface area contributed by atoms with Gasteiger partial charge in [0.15, 0.2) is 0 Å². The van der Waals surface area contributed by atoms with Crippen molar-refractivity contribution in [2.75, 3.05) is 68.1 Å². The number of ether oxygens (including phenoxy) is 1. The van der Waals surface area contributed by atoms with E-state index in [1.165, 1.54) is 4.90 Å². The van der Waals surface area contributed by atoms with Crippen LogP contribution in [0.2, 0.25) is 0 Å². The van der Waals surface area contributed by atoms with Crippen LogP contribution in [0.1, 0.15) is 46.5 Å². The van der Waals surface area contributed by atoms with Gasteiger partial charge in [0.2, 0.25) is 18.2 Å². The van der Waals surface area contributed by atoms with Gasteiger partial charge >= 0.3 is 6.09 Å². The molecule has 3 heterocycles. The highest BCUT2D eigenvalue weighted by Crippen LogP contribution is 2.35. The lowest BCUT2D eigenvalue weighted by Gasteiger charge is -2.43. The lowest BCUT2D eigenvalue weighted by Crippen LogP contribution is -2.54. The molecule has 1 aromatic rings.